The lowest BCUT2D eigenvalue weighted by Crippen LogP contribution is -2.55. The van der Waals surface area contributed by atoms with E-state index in [9.17, 15) is 14.7 Å². The first-order valence-electron chi connectivity index (χ1n) is 10.0. The highest BCUT2D eigenvalue weighted by atomic mass is 79.9. The summed E-state index contributed by atoms with van der Waals surface area (Å²) in [5, 5.41) is 14.2. The first-order valence-corrected chi connectivity index (χ1v) is 10.8. The summed E-state index contributed by atoms with van der Waals surface area (Å²) >= 11 is 3.39. The van der Waals surface area contributed by atoms with Gasteiger partial charge in [-0.15, -0.1) is 0 Å². The van der Waals surface area contributed by atoms with Gasteiger partial charge in [-0.3, -0.25) is 15.0 Å². The van der Waals surface area contributed by atoms with Crippen LogP contribution in [0.15, 0.2) is 71.2 Å². The smallest absolute Gasteiger partial charge is 0.279 e. The fraction of sp³-hybridized carbons (Fsp3) is 0.167. The molecule has 0 saturated carbocycles. The van der Waals surface area contributed by atoms with E-state index in [2.05, 4.69) is 26.7 Å². The van der Waals surface area contributed by atoms with E-state index >= 15 is 0 Å². The van der Waals surface area contributed by atoms with Crippen LogP contribution >= 0.6 is 15.9 Å². The average molecular weight is 496 g/mol. The summed E-state index contributed by atoms with van der Waals surface area (Å²) in [5.41, 5.74) is 5.54. The number of anilines is 1. The second-order valence-electron chi connectivity index (χ2n) is 7.55. The van der Waals surface area contributed by atoms with Crippen molar-refractivity contribution in [3.8, 4) is 11.5 Å². The Kier molecular flexibility index (Phi) is 6.05. The number of hydrazine groups is 1. The summed E-state index contributed by atoms with van der Waals surface area (Å²) in [6.45, 7) is 3.59. The van der Waals surface area contributed by atoms with Crippen LogP contribution in [0.1, 0.15) is 34.6 Å². The van der Waals surface area contributed by atoms with Crippen molar-refractivity contribution >= 4 is 33.4 Å². The van der Waals surface area contributed by atoms with Gasteiger partial charge in [0.25, 0.3) is 11.8 Å². The molecule has 0 saturated heterocycles. The molecule has 0 fully saturated rings. The first kappa shape index (κ1) is 21.7. The predicted molar refractivity (Wildman–Crippen MR) is 124 cm³/mol. The number of ether oxygens (including phenoxy) is 1. The number of rotatable bonds is 5. The molecule has 3 N–H and O–H groups in total. The van der Waals surface area contributed by atoms with Crippen LogP contribution in [0, 0.1) is 6.92 Å². The molecular formula is C24H22BrN3O4. The van der Waals surface area contributed by atoms with E-state index in [1.54, 1.807) is 43.3 Å². The molecule has 0 bridgehead atoms. The number of carbonyl (C=O) groups is 2. The van der Waals surface area contributed by atoms with Gasteiger partial charge in [0.1, 0.15) is 17.7 Å². The van der Waals surface area contributed by atoms with Crippen LogP contribution in [0.2, 0.25) is 0 Å². The number of amides is 2. The third-order valence-electron chi connectivity index (χ3n) is 5.12. The fourth-order valence-corrected chi connectivity index (χ4v) is 3.73. The molecular weight excluding hydrogens is 474 g/mol. The number of carbonyl (C=O) groups excluding carboxylic acids is 2. The van der Waals surface area contributed by atoms with Crippen LogP contribution in [0.4, 0.5) is 5.69 Å². The van der Waals surface area contributed by atoms with Crippen molar-refractivity contribution in [2.24, 2.45) is 0 Å². The van der Waals surface area contributed by atoms with Gasteiger partial charge >= 0.3 is 0 Å². The van der Waals surface area contributed by atoms with E-state index in [1.807, 2.05) is 25.1 Å². The Bertz CT molecular complexity index is 1150. The Morgan fingerprint density at radius 2 is 1.81 bits per heavy atom. The summed E-state index contributed by atoms with van der Waals surface area (Å²) in [5.74, 6) is -0.168. The Morgan fingerprint density at radius 3 is 2.50 bits per heavy atom. The minimum atomic E-state index is -0.838. The molecule has 0 aromatic heterocycles. The number of fused-ring (bicyclic) bond motifs is 1. The zero-order valence-corrected chi connectivity index (χ0v) is 19.1. The standard InChI is InChI=1S/C24H22BrN3O4/c1-14-3-10-19(11-4-14)32-15(2)23(30)27-28-22(16-5-8-18(29)9-6-16)26-21-12-7-17(25)13-20(21)24(28)31/h3-13,15,22,26,29H,1-2H3,(H,27,30). The number of aromatic hydroxyl groups is 1. The van der Waals surface area contributed by atoms with Crippen LogP contribution in [-0.4, -0.2) is 28.0 Å². The zero-order valence-electron chi connectivity index (χ0n) is 17.5. The van der Waals surface area contributed by atoms with Gasteiger partial charge < -0.3 is 15.2 Å². The summed E-state index contributed by atoms with van der Waals surface area (Å²) in [6, 6.07) is 19.1. The molecule has 1 heterocycles. The Balaban J connectivity index is 1.60. The summed E-state index contributed by atoms with van der Waals surface area (Å²) in [6.07, 6.45) is -1.51. The predicted octanol–water partition coefficient (Wildman–Crippen LogP) is 4.53. The second-order valence-corrected chi connectivity index (χ2v) is 8.47. The molecule has 7 nitrogen and oxygen atoms in total. The van der Waals surface area contributed by atoms with Gasteiger partial charge in [0, 0.05) is 10.2 Å². The summed E-state index contributed by atoms with van der Waals surface area (Å²) in [7, 11) is 0. The highest BCUT2D eigenvalue weighted by Crippen LogP contribution is 2.34. The van der Waals surface area contributed by atoms with Gasteiger partial charge in [-0.25, -0.2) is 5.01 Å². The molecule has 0 radical (unpaired) electrons. The maximum Gasteiger partial charge on any atom is 0.279 e. The lowest BCUT2D eigenvalue weighted by Gasteiger charge is -2.38. The molecule has 32 heavy (non-hydrogen) atoms. The van der Waals surface area contributed by atoms with E-state index in [0.29, 0.717) is 22.6 Å². The largest absolute Gasteiger partial charge is 0.508 e. The molecule has 2 atom stereocenters. The Hall–Kier alpha value is -3.52. The van der Waals surface area contributed by atoms with Crippen LogP contribution in [-0.2, 0) is 4.79 Å². The maximum absolute atomic E-state index is 13.3. The monoisotopic (exact) mass is 495 g/mol. The normalized spacial score (nSPS) is 16.0. The number of hydrogen-bond acceptors (Lipinski definition) is 5. The van der Waals surface area contributed by atoms with E-state index < -0.39 is 18.2 Å². The molecule has 2 unspecified atom stereocenters. The number of phenolic OH excluding ortho intramolecular Hbond substituents is 1. The van der Waals surface area contributed by atoms with E-state index in [0.717, 1.165) is 10.0 Å². The van der Waals surface area contributed by atoms with E-state index in [4.69, 9.17) is 4.74 Å². The molecule has 2 amide bonds. The maximum atomic E-state index is 13.3. The van der Waals surface area contributed by atoms with Gasteiger partial charge in [-0.1, -0.05) is 45.8 Å². The van der Waals surface area contributed by atoms with Gasteiger partial charge in [0.15, 0.2) is 6.10 Å². The number of hydrogen-bond donors (Lipinski definition) is 3. The molecule has 3 aromatic rings. The number of nitrogens with one attached hydrogen (secondary N) is 2. The van der Waals surface area contributed by atoms with Gasteiger partial charge in [0.2, 0.25) is 0 Å². The molecule has 1 aliphatic heterocycles. The Labute approximate surface area is 194 Å². The minimum Gasteiger partial charge on any atom is -0.508 e. The van der Waals surface area contributed by atoms with Crippen molar-refractivity contribution in [1.82, 2.24) is 10.4 Å². The van der Waals surface area contributed by atoms with Crippen molar-refractivity contribution in [3.63, 3.8) is 0 Å². The number of aryl methyl sites for hydroxylation is 1. The molecule has 1 aliphatic rings. The third kappa shape index (κ3) is 4.55. The molecule has 8 heteroatoms. The van der Waals surface area contributed by atoms with Crippen molar-refractivity contribution in [1.29, 1.82) is 0 Å². The van der Waals surface area contributed by atoms with Crippen molar-refractivity contribution in [2.75, 3.05) is 5.32 Å². The Morgan fingerprint density at radius 1 is 1.12 bits per heavy atom. The first-order chi connectivity index (χ1) is 15.3. The lowest BCUT2D eigenvalue weighted by molar-refractivity contribution is -0.132. The molecule has 0 aliphatic carbocycles. The van der Waals surface area contributed by atoms with Crippen LogP contribution in [0.5, 0.6) is 11.5 Å². The number of halogens is 1. The van der Waals surface area contributed by atoms with E-state index in [1.165, 1.54) is 17.1 Å². The molecule has 3 aromatic carbocycles. The quantitative estimate of drug-likeness (QED) is 0.483. The van der Waals surface area contributed by atoms with Gasteiger partial charge in [0.05, 0.1) is 5.56 Å². The van der Waals surface area contributed by atoms with Crippen molar-refractivity contribution < 1.29 is 19.4 Å². The fourth-order valence-electron chi connectivity index (χ4n) is 3.37. The molecule has 4 rings (SSSR count). The highest BCUT2D eigenvalue weighted by molar-refractivity contribution is 9.10. The van der Waals surface area contributed by atoms with Gasteiger partial charge in [-0.05, 0) is 61.9 Å². The molecule has 0 spiro atoms. The third-order valence-corrected chi connectivity index (χ3v) is 5.62. The average Bonchev–Trinajstić information content (AvgIpc) is 2.78. The van der Waals surface area contributed by atoms with Crippen LogP contribution < -0.4 is 15.5 Å². The number of nitrogens with zero attached hydrogens (tertiary/aromatic N) is 1. The summed E-state index contributed by atoms with van der Waals surface area (Å²) in [4.78, 5) is 26.3. The number of phenols is 1. The minimum absolute atomic E-state index is 0.107. The number of benzene rings is 3. The van der Waals surface area contributed by atoms with E-state index in [-0.39, 0.29) is 11.7 Å². The molecule has 164 valence electrons. The highest BCUT2D eigenvalue weighted by Gasteiger charge is 2.35. The van der Waals surface area contributed by atoms with Crippen LogP contribution in [0.3, 0.4) is 0 Å². The van der Waals surface area contributed by atoms with Gasteiger partial charge in [-0.2, -0.15) is 0 Å². The summed E-state index contributed by atoms with van der Waals surface area (Å²) < 4.78 is 6.49. The topological polar surface area (TPSA) is 90.9 Å². The lowest BCUT2D eigenvalue weighted by atomic mass is 10.0. The van der Waals surface area contributed by atoms with Crippen LogP contribution in [0.25, 0.3) is 0 Å². The second kappa shape index (κ2) is 8.92. The van der Waals surface area contributed by atoms with Crippen molar-refractivity contribution in [2.45, 2.75) is 26.1 Å². The zero-order chi connectivity index (χ0) is 22.8. The van der Waals surface area contributed by atoms with Crippen molar-refractivity contribution in [3.05, 3.63) is 87.9 Å². The SMILES string of the molecule is Cc1ccc(OC(C)C(=O)NN2C(=O)c3cc(Br)ccc3NC2c2ccc(O)cc2)cc1.